The fourth-order valence-corrected chi connectivity index (χ4v) is 6.24. The average Bonchev–Trinajstić information content (AvgIpc) is 3.79. The lowest BCUT2D eigenvalue weighted by molar-refractivity contribution is 0.0731. The van der Waals surface area contributed by atoms with Crippen LogP contribution in [0.15, 0.2) is 79.3 Å². The number of amides is 1. The molecule has 3 aromatic heterocycles. The Morgan fingerprint density at radius 3 is 2.83 bits per heavy atom. The maximum atomic E-state index is 13.8. The van der Waals surface area contributed by atoms with Crippen molar-refractivity contribution >= 4 is 27.6 Å². The van der Waals surface area contributed by atoms with Gasteiger partial charge in [-0.3, -0.25) is 14.9 Å². The van der Waals surface area contributed by atoms with E-state index in [2.05, 4.69) is 98.9 Å². The minimum absolute atomic E-state index is 0.0317. The van der Waals surface area contributed by atoms with E-state index >= 15 is 0 Å². The number of H-pyrrole nitrogens is 2. The molecule has 0 bridgehead atoms. The van der Waals surface area contributed by atoms with Crippen molar-refractivity contribution in [3.63, 3.8) is 0 Å². The van der Waals surface area contributed by atoms with Crippen LogP contribution < -0.4 is 5.32 Å². The van der Waals surface area contributed by atoms with E-state index < -0.39 is 0 Å². The summed E-state index contributed by atoms with van der Waals surface area (Å²) in [4.78, 5) is 28.2. The topological polar surface area (TPSA) is 103 Å². The highest BCUT2D eigenvalue weighted by atomic mass is 16.2. The van der Waals surface area contributed by atoms with Gasteiger partial charge in [-0.25, -0.2) is 4.98 Å². The van der Waals surface area contributed by atoms with E-state index in [-0.39, 0.29) is 11.9 Å². The number of benzene rings is 3. The van der Waals surface area contributed by atoms with Crippen molar-refractivity contribution in [2.45, 2.75) is 39.3 Å². The van der Waals surface area contributed by atoms with Gasteiger partial charge in [-0.2, -0.15) is 5.10 Å². The monoisotopic (exact) mass is 555 g/mol. The van der Waals surface area contributed by atoms with Gasteiger partial charge in [0.25, 0.3) is 5.91 Å². The number of rotatable bonds is 7. The number of hydrogen-bond acceptors (Lipinski definition) is 5. The summed E-state index contributed by atoms with van der Waals surface area (Å²) in [6.07, 6.45) is 7.39. The molecule has 1 fully saturated rings. The molecule has 7 rings (SSSR count). The number of fused-ring (bicyclic) bond motifs is 2. The van der Waals surface area contributed by atoms with Crippen molar-refractivity contribution < 1.29 is 4.79 Å². The molecule has 1 saturated heterocycles. The number of nitrogens with one attached hydrogen (secondary N) is 3. The van der Waals surface area contributed by atoms with Gasteiger partial charge < -0.3 is 15.2 Å². The molecule has 6 aromatic rings. The second-order valence-corrected chi connectivity index (χ2v) is 11.0. The molecule has 210 valence electrons. The number of carbonyl (C=O) groups is 1. The van der Waals surface area contributed by atoms with E-state index in [9.17, 15) is 4.79 Å². The molecule has 42 heavy (non-hydrogen) atoms. The lowest BCUT2D eigenvalue weighted by Gasteiger charge is -2.25. The maximum Gasteiger partial charge on any atom is 0.272 e. The fraction of sp³-hybridized carbons (Fsp3) is 0.235. The number of likely N-dealkylation sites (tertiary alicyclic amines) is 1. The summed E-state index contributed by atoms with van der Waals surface area (Å²) in [7, 11) is 0. The first-order valence-corrected chi connectivity index (χ1v) is 14.6. The van der Waals surface area contributed by atoms with Crippen molar-refractivity contribution in [1.82, 2.24) is 35.4 Å². The van der Waals surface area contributed by atoms with Crippen molar-refractivity contribution in [2.75, 3.05) is 13.1 Å². The van der Waals surface area contributed by atoms with Gasteiger partial charge in [0.15, 0.2) is 5.82 Å². The summed E-state index contributed by atoms with van der Waals surface area (Å²) in [5.74, 6) is 0.530. The van der Waals surface area contributed by atoms with E-state index in [1.807, 2.05) is 23.4 Å². The lowest BCUT2D eigenvalue weighted by atomic mass is 9.97. The van der Waals surface area contributed by atoms with Gasteiger partial charge in [0.05, 0.1) is 17.8 Å². The SMILES string of the molecule is CCNCc1cncc(-c2ccc3[nH]nc(-c4ncc(C(=O)N5CCCC5c5cccc6ccccc56)[nH]4)c3c2)c1C. The van der Waals surface area contributed by atoms with Crippen molar-refractivity contribution in [3.05, 3.63) is 102 Å². The molecule has 1 aliphatic heterocycles. The predicted molar refractivity (Wildman–Crippen MR) is 166 cm³/mol. The first-order chi connectivity index (χ1) is 20.6. The first-order valence-electron chi connectivity index (χ1n) is 14.6. The zero-order valence-corrected chi connectivity index (χ0v) is 23.8. The summed E-state index contributed by atoms with van der Waals surface area (Å²) in [5, 5.41) is 14.4. The van der Waals surface area contributed by atoms with Crippen LogP contribution in [0.5, 0.6) is 0 Å². The molecule has 0 aliphatic carbocycles. The van der Waals surface area contributed by atoms with Gasteiger partial charge in [0.2, 0.25) is 0 Å². The van der Waals surface area contributed by atoms with Gasteiger partial charge in [-0.15, -0.1) is 0 Å². The molecule has 1 atom stereocenters. The van der Waals surface area contributed by atoms with Gasteiger partial charge in [0.1, 0.15) is 11.4 Å². The minimum atomic E-state index is -0.0380. The molecular formula is C34H33N7O. The maximum absolute atomic E-state index is 13.8. The molecule has 8 nitrogen and oxygen atoms in total. The number of imidazole rings is 1. The molecule has 1 aliphatic rings. The van der Waals surface area contributed by atoms with E-state index in [0.29, 0.717) is 17.2 Å². The normalized spacial score (nSPS) is 15.2. The van der Waals surface area contributed by atoms with Gasteiger partial charge in [-0.1, -0.05) is 55.5 Å². The van der Waals surface area contributed by atoms with Gasteiger partial charge in [0, 0.05) is 36.4 Å². The van der Waals surface area contributed by atoms with Gasteiger partial charge in [-0.05, 0) is 71.5 Å². The molecule has 0 radical (unpaired) electrons. The van der Waals surface area contributed by atoms with E-state index in [0.717, 1.165) is 54.5 Å². The molecule has 0 saturated carbocycles. The first kappa shape index (κ1) is 26.1. The third-order valence-electron chi connectivity index (χ3n) is 8.49. The quantitative estimate of drug-likeness (QED) is 0.207. The van der Waals surface area contributed by atoms with E-state index in [1.54, 1.807) is 6.20 Å². The second-order valence-electron chi connectivity index (χ2n) is 11.0. The van der Waals surface area contributed by atoms with Crippen LogP contribution in [-0.4, -0.2) is 49.0 Å². The number of hydrogen-bond donors (Lipinski definition) is 3. The highest BCUT2D eigenvalue weighted by Crippen LogP contribution is 2.37. The Morgan fingerprint density at radius 2 is 1.93 bits per heavy atom. The molecule has 8 heteroatoms. The van der Waals surface area contributed by atoms with Crippen LogP contribution >= 0.6 is 0 Å². The zero-order chi connectivity index (χ0) is 28.6. The van der Waals surface area contributed by atoms with Crippen LogP contribution in [0.3, 0.4) is 0 Å². The molecule has 0 spiro atoms. The summed E-state index contributed by atoms with van der Waals surface area (Å²) in [5.41, 5.74) is 7.79. The Bertz CT molecular complexity index is 1920. The van der Waals surface area contributed by atoms with Crippen LogP contribution in [-0.2, 0) is 6.54 Å². The summed E-state index contributed by atoms with van der Waals surface area (Å²) in [6.45, 7) is 6.64. The van der Waals surface area contributed by atoms with Gasteiger partial charge >= 0.3 is 0 Å². The molecule has 4 heterocycles. The third kappa shape index (κ3) is 4.54. The van der Waals surface area contributed by atoms with Crippen LogP contribution in [0.2, 0.25) is 0 Å². The van der Waals surface area contributed by atoms with Crippen molar-refractivity contribution in [2.24, 2.45) is 0 Å². The fourth-order valence-electron chi connectivity index (χ4n) is 6.24. The number of carbonyl (C=O) groups excluding carboxylic acids is 1. The Hall–Kier alpha value is -4.82. The Balaban J connectivity index is 1.19. The minimum Gasteiger partial charge on any atom is -0.333 e. The standard InChI is InChI=1S/C34H33N7O/c1-3-35-17-24-18-36-19-28(21(24)2)23-13-14-29-27(16-23)32(40-39-29)33-37-20-30(38-33)34(42)41-15-7-12-31(41)26-11-6-9-22-8-4-5-10-25(22)26/h4-6,8-11,13-14,16,18-20,31,35H,3,7,12,15,17H2,1-2H3,(H,37,38)(H,39,40). The Morgan fingerprint density at radius 1 is 1.05 bits per heavy atom. The Labute approximate surface area is 244 Å². The van der Waals surface area contributed by atoms with Crippen LogP contribution in [0.1, 0.15) is 53.0 Å². The summed E-state index contributed by atoms with van der Waals surface area (Å²) < 4.78 is 0. The predicted octanol–water partition coefficient (Wildman–Crippen LogP) is 6.56. The molecule has 1 unspecified atom stereocenters. The Kier molecular flexibility index (Phi) is 6.76. The average molecular weight is 556 g/mol. The second kappa shape index (κ2) is 10.9. The van der Waals surface area contributed by atoms with Crippen molar-refractivity contribution in [1.29, 1.82) is 0 Å². The lowest BCUT2D eigenvalue weighted by Crippen LogP contribution is -2.30. The molecule has 1 amide bonds. The highest BCUT2D eigenvalue weighted by Gasteiger charge is 2.32. The van der Waals surface area contributed by atoms with Crippen LogP contribution in [0.25, 0.3) is 44.3 Å². The summed E-state index contributed by atoms with van der Waals surface area (Å²) >= 11 is 0. The van der Waals surface area contributed by atoms with Crippen LogP contribution in [0, 0.1) is 6.92 Å². The molecular weight excluding hydrogens is 522 g/mol. The number of aromatic amines is 2. The van der Waals surface area contributed by atoms with E-state index in [1.165, 1.54) is 27.5 Å². The van der Waals surface area contributed by atoms with Crippen molar-refractivity contribution in [3.8, 4) is 22.6 Å². The zero-order valence-electron chi connectivity index (χ0n) is 23.8. The van der Waals surface area contributed by atoms with Crippen LogP contribution in [0.4, 0.5) is 0 Å². The summed E-state index contributed by atoms with van der Waals surface area (Å²) in [6, 6.07) is 21.0. The molecule has 3 N–H and O–H groups in total. The molecule has 3 aromatic carbocycles. The number of aromatic nitrogens is 5. The number of pyridine rings is 1. The largest absolute Gasteiger partial charge is 0.333 e. The smallest absolute Gasteiger partial charge is 0.272 e. The third-order valence-corrected chi connectivity index (χ3v) is 8.49. The number of nitrogens with zero attached hydrogens (tertiary/aromatic N) is 4. The highest BCUT2D eigenvalue weighted by molar-refractivity contribution is 5.97. The van der Waals surface area contributed by atoms with E-state index in [4.69, 9.17) is 0 Å².